The van der Waals surface area contributed by atoms with Crippen molar-refractivity contribution in [3.63, 3.8) is 0 Å². The molecule has 1 aliphatic rings. The molecule has 3 aromatic rings. The van der Waals surface area contributed by atoms with Crippen LogP contribution in [0.15, 0.2) is 78.9 Å². The zero-order valence-corrected chi connectivity index (χ0v) is 15.0. The molecule has 1 aliphatic carbocycles. The van der Waals surface area contributed by atoms with Crippen molar-refractivity contribution in [1.29, 1.82) is 0 Å². The van der Waals surface area contributed by atoms with Gasteiger partial charge >= 0.3 is 0 Å². The Morgan fingerprint density at radius 2 is 0.880 bits per heavy atom. The van der Waals surface area contributed by atoms with E-state index in [2.05, 4.69) is 57.5 Å². The minimum atomic E-state index is 0.879. The molecule has 0 atom stereocenters. The van der Waals surface area contributed by atoms with E-state index in [0.717, 1.165) is 11.5 Å². The minimum absolute atomic E-state index is 0.879. The van der Waals surface area contributed by atoms with E-state index < -0.39 is 0 Å². The summed E-state index contributed by atoms with van der Waals surface area (Å²) in [5, 5.41) is 0. The molecule has 0 saturated heterocycles. The summed E-state index contributed by atoms with van der Waals surface area (Å²) < 4.78 is 5.69. The summed E-state index contributed by atoms with van der Waals surface area (Å²) in [5.74, 6) is 1.76. The van der Waals surface area contributed by atoms with Crippen molar-refractivity contribution in [2.75, 3.05) is 0 Å². The maximum atomic E-state index is 5.69. The number of ether oxygens (including phenoxy) is 1. The SMILES string of the molecule is Cc1ccc(C2=C[CH]2)cc1.Cc1ccc(Oc2ccc(C)cc2)cc1. The van der Waals surface area contributed by atoms with Crippen molar-refractivity contribution in [1.82, 2.24) is 0 Å². The third-order valence-electron chi connectivity index (χ3n) is 4.00. The predicted molar refractivity (Wildman–Crippen MR) is 106 cm³/mol. The Balaban J connectivity index is 0.000000157. The molecule has 3 aromatic carbocycles. The number of allylic oxidation sites excluding steroid dienone is 2. The van der Waals surface area contributed by atoms with Crippen LogP contribution < -0.4 is 4.74 Å². The third-order valence-corrected chi connectivity index (χ3v) is 4.00. The molecule has 0 N–H and O–H groups in total. The summed E-state index contributed by atoms with van der Waals surface area (Å²) in [6, 6.07) is 24.7. The summed E-state index contributed by atoms with van der Waals surface area (Å²) in [5.41, 5.74) is 6.52. The standard InChI is InChI=1S/C14H14O.C10H9/c1-11-3-7-13(8-4-11)15-14-9-5-12(2)6-10-14;1-8-2-4-9(5-3-8)10-6-7-10/h3-10H,1-2H3;2-7H,1H3. The summed E-state index contributed by atoms with van der Waals surface area (Å²) in [7, 11) is 0. The first-order valence-corrected chi connectivity index (χ1v) is 8.53. The lowest BCUT2D eigenvalue weighted by Gasteiger charge is -2.05. The lowest BCUT2D eigenvalue weighted by Crippen LogP contribution is -1.84. The molecule has 125 valence electrons. The van der Waals surface area contributed by atoms with Crippen molar-refractivity contribution in [3.8, 4) is 11.5 Å². The first-order valence-electron chi connectivity index (χ1n) is 8.53. The molecule has 0 unspecified atom stereocenters. The van der Waals surface area contributed by atoms with Crippen molar-refractivity contribution >= 4 is 5.57 Å². The maximum absolute atomic E-state index is 5.69. The summed E-state index contributed by atoms with van der Waals surface area (Å²) >= 11 is 0. The monoisotopic (exact) mass is 327 g/mol. The number of aryl methyl sites for hydroxylation is 3. The van der Waals surface area contributed by atoms with E-state index in [1.54, 1.807) is 0 Å². The Hall–Kier alpha value is -2.80. The average Bonchev–Trinajstić information content (AvgIpc) is 3.45. The van der Waals surface area contributed by atoms with Crippen LogP contribution in [0.4, 0.5) is 0 Å². The van der Waals surface area contributed by atoms with Gasteiger partial charge in [0.25, 0.3) is 0 Å². The molecule has 1 radical (unpaired) electrons. The third kappa shape index (κ3) is 5.36. The molecule has 0 bridgehead atoms. The molecule has 0 aliphatic heterocycles. The highest BCUT2D eigenvalue weighted by Crippen LogP contribution is 2.29. The van der Waals surface area contributed by atoms with E-state index in [9.17, 15) is 0 Å². The Kier molecular flexibility index (Phi) is 5.35. The quantitative estimate of drug-likeness (QED) is 0.520. The second kappa shape index (κ2) is 7.85. The molecule has 0 spiro atoms. The van der Waals surface area contributed by atoms with E-state index in [-0.39, 0.29) is 0 Å². The number of rotatable bonds is 3. The predicted octanol–water partition coefficient (Wildman–Crippen LogP) is 6.69. The maximum Gasteiger partial charge on any atom is 0.127 e. The summed E-state index contributed by atoms with van der Waals surface area (Å²) in [6.45, 7) is 6.24. The lowest BCUT2D eigenvalue weighted by atomic mass is 10.1. The molecule has 0 heterocycles. The number of hydrogen-bond acceptors (Lipinski definition) is 1. The van der Waals surface area contributed by atoms with E-state index in [1.165, 1.54) is 27.8 Å². The highest BCUT2D eigenvalue weighted by molar-refractivity contribution is 5.87. The molecule has 0 saturated carbocycles. The molecule has 1 heteroatoms. The van der Waals surface area contributed by atoms with Crippen LogP contribution in [0.3, 0.4) is 0 Å². The Labute approximate surface area is 150 Å². The Morgan fingerprint density at radius 1 is 0.520 bits per heavy atom. The first kappa shape index (κ1) is 17.0. The molecule has 4 rings (SSSR count). The normalized spacial score (nSPS) is 11.9. The van der Waals surface area contributed by atoms with Gasteiger partial charge in [-0.1, -0.05) is 71.3 Å². The van der Waals surface area contributed by atoms with Crippen LogP contribution in [-0.2, 0) is 0 Å². The molecule has 0 amide bonds. The van der Waals surface area contributed by atoms with Crippen LogP contribution in [0.1, 0.15) is 22.3 Å². The van der Waals surface area contributed by atoms with Crippen LogP contribution in [0.5, 0.6) is 11.5 Å². The largest absolute Gasteiger partial charge is 0.457 e. The molecule has 0 aromatic heterocycles. The van der Waals surface area contributed by atoms with E-state index in [0.29, 0.717) is 0 Å². The first-order chi connectivity index (χ1) is 12.1. The minimum Gasteiger partial charge on any atom is -0.457 e. The van der Waals surface area contributed by atoms with Gasteiger partial charge in [-0.2, -0.15) is 0 Å². The van der Waals surface area contributed by atoms with Crippen LogP contribution in [0.25, 0.3) is 5.57 Å². The molecule has 1 nitrogen and oxygen atoms in total. The van der Waals surface area contributed by atoms with Crippen LogP contribution in [-0.4, -0.2) is 0 Å². The fraction of sp³-hybridized carbons (Fsp3) is 0.125. The van der Waals surface area contributed by atoms with Gasteiger partial charge in [0.1, 0.15) is 11.5 Å². The highest BCUT2D eigenvalue weighted by atomic mass is 16.5. The second-order valence-electron chi connectivity index (χ2n) is 6.38. The zero-order chi connectivity index (χ0) is 17.6. The lowest BCUT2D eigenvalue weighted by molar-refractivity contribution is 0.482. The number of benzene rings is 3. The van der Waals surface area contributed by atoms with Crippen molar-refractivity contribution < 1.29 is 4.74 Å². The second-order valence-corrected chi connectivity index (χ2v) is 6.38. The molecule has 0 fully saturated rings. The van der Waals surface area contributed by atoms with Gasteiger partial charge in [0.2, 0.25) is 0 Å². The van der Waals surface area contributed by atoms with Gasteiger partial charge in [-0.3, -0.25) is 0 Å². The Bertz CT molecular complexity index is 795. The van der Waals surface area contributed by atoms with Crippen molar-refractivity contribution in [2.24, 2.45) is 0 Å². The fourth-order valence-corrected chi connectivity index (χ4v) is 2.33. The van der Waals surface area contributed by atoms with E-state index in [4.69, 9.17) is 4.74 Å². The van der Waals surface area contributed by atoms with Gasteiger partial charge < -0.3 is 4.74 Å². The van der Waals surface area contributed by atoms with Crippen molar-refractivity contribution in [2.45, 2.75) is 20.8 Å². The van der Waals surface area contributed by atoms with Crippen LogP contribution in [0, 0.1) is 27.2 Å². The number of hydrogen-bond donors (Lipinski definition) is 0. The molecular weight excluding hydrogens is 304 g/mol. The van der Waals surface area contributed by atoms with Crippen molar-refractivity contribution in [3.05, 3.63) is 108 Å². The average molecular weight is 327 g/mol. The van der Waals surface area contributed by atoms with Gasteiger partial charge in [-0.15, -0.1) is 0 Å². The van der Waals surface area contributed by atoms with Gasteiger partial charge in [0, 0.05) is 6.42 Å². The summed E-state index contributed by atoms with van der Waals surface area (Å²) in [4.78, 5) is 0. The molecular formula is C24H23O. The fourth-order valence-electron chi connectivity index (χ4n) is 2.33. The zero-order valence-electron chi connectivity index (χ0n) is 15.0. The van der Waals surface area contributed by atoms with Gasteiger partial charge in [0.15, 0.2) is 0 Å². The molecule has 25 heavy (non-hydrogen) atoms. The van der Waals surface area contributed by atoms with Gasteiger partial charge in [-0.05, 0) is 56.2 Å². The summed E-state index contributed by atoms with van der Waals surface area (Å²) in [6.07, 6.45) is 4.26. The van der Waals surface area contributed by atoms with Crippen LogP contribution in [0.2, 0.25) is 0 Å². The van der Waals surface area contributed by atoms with E-state index in [1.807, 2.05) is 48.5 Å². The smallest absolute Gasteiger partial charge is 0.127 e. The van der Waals surface area contributed by atoms with Gasteiger partial charge in [-0.25, -0.2) is 0 Å². The highest BCUT2D eigenvalue weighted by Gasteiger charge is 2.08. The Morgan fingerprint density at radius 3 is 1.24 bits per heavy atom. The van der Waals surface area contributed by atoms with Crippen LogP contribution >= 0.6 is 0 Å². The van der Waals surface area contributed by atoms with Gasteiger partial charge in [0.05, 0.1) is 0 Å². The topological polar surface area (TPSA) is 9.23 Å². The van der Waals surface area contributed by atoms with E-state index >= 15 is 0 Å².